The van der Waals surface area contributed by atoms with Crippen molar-refractivity contribution in [3.8, 4) is 0 Å². The lowest BCUT2D eigenvalue weighted by atomic mass is 9.99. The van der Waals surface area contributed by atoms with Gasteiger partial charge in [0.1, 0.15) is 13.7 Å². The minimum Gasteiger partial charge on any atom is -0.262 e. The molecule has 0 fully saturated rings. The number of nitrogens with zero attached hydrogens (tertiary/aromatic N) is 1. The first-order valence-corrected chi connectivity index (χ1v) is 2.15. The minimum atomic E-state index is -0.398. The molecule has 0 unspecified atom stereocenters. The van der Waals surface area contributed by atoms with Gasteiger partial charge in [-0.15, -0.1) is 0 Å². The molecule has 0 spiro atoms. The Balaban J connectivity index is 3.08. The van der Waals surface area contributed by atoms with Crippen molar-refractivity contribution in [1.82, 2.24) is 4.98 Å². The van der Waals surface area contributed by atoms with Crippen LogP contribution in [0.25, 0.3) is 0 Å². The van der Waals surface area contributed by atoms with E-state index in [1.165, 1.54) is 12.3 Å². The van der Waals surface area contributed by atoms with Crippen LogP contribution in [-0.2, 0) is 0 Å². The summed E-state index contributed by atoms with van der Waals surface area (Å²) in [4.78, 5) is 3.48. The number of hydrogen-bond acceptors (Lipinski definition) is 1. The van der Waals surface area contributed by atoms with Crippen molar-refractivity contribution in [3.63, 3.8) is 0 Å². The summed E-state index contributed by atoms with van der Waals surface area (Å²) in [5, 5.41) is 0. The zero-order valence-electron chi connectivity index (χ0n) is 4.13. The molecule has 0 aromatic carbocycles. The lowest BCUT2D eigenvalue weighted by Crippen LogP contribution is -2.02. The molecule has 0 aliphatic carbocycles. The standard InChI is InChI=1S/C5H3BFN/c6-4-1-5(7)3-8-2-4/h1-3H. The molecular formula is C5H3BFN. The Labute approximate surface area is 48.0 Å². The van der Waals surface area contributed by atoms with Gasteiger partial charge in [0.05, 0.1) is 6.20 Å². The van der Waals surface area contributed by atoms with Crippen LogP contribution in [0.3, 0.4) is 0 Å². The van der Waals surface area contributed by atoms with Crippen LogP contribution in [0.4, 0.5) is 4.39 Å². The van der Waals surface area contributed by atoms with E-state index < -0.39 is 5.82 Å². The highest BCUT2D eigenvalue weighted by atomic mass is 19.1. The quantitative estimate of drug-likeness (QED) is 0.425. The van der Waals surface area contributed by atoms with E-state index in [0.717, 1.165) is 6.20 Å². The summed E-state index contributed by atoms with van der Waals surface area (Å²) in [7, 11) is 5.16. The summed E-state index contributed by atoms with van der Waals surface area (Å²) in [6.07, 6.45) is 2.50. The molecule has 0 amide bonds. The third kappa shape index (κ3) is 1.06. The summed E-state index contributed by atoms with van der Waals surface area (Å²) in [5.41, 5.74) is 0.352. The van der Waals surface area contributed by atoms with Crippen molar-refractivity contribution in [1.29, 1.82) is 0 Å². The van der Waals surface area contributed by atoms with Gasteiger partial charge >= 0.3 is 0 Å². The largest absolute Gasteiger partial charge is 0.262 e. The van der Waals surface area contributed by atoms with Crippen LogP contribution in [0.1, 0.15) is 0 Å². The van der Waals surface area contributed by atoms with Gasteiger partial charge in [0.15, 0.2) is 0 Å². The van der Waals surface area contributed by atoms with E-state index >= 15 is 0 Å². The maximum atomic E-state index is 12.0. The van der Waals surface area contributed by atoms with Gasteiger partial charge in [-0.2, -0.15) is 0 Å². The van der Waals surface area contributed by atoms with E-state index in [0.29, 0.717) is 5.46 Å². The van der Waals surface area contributed by atoms with E-state index in [-0.39, 0.29) is 0 Å². The van der Waals surface area contributed by atoms with Crippen LogP contribution in [0.5, 0.6) is 0 Å². The molecule has 0 atom stereocenters. The van der Waals surface area contributed by atoms with Crippen molar-refractivity contribution < 1.29 is 4.39 Å². The van der Waals surface area contributed by atoms with Gasteiger partial charge in [0.2, 0.25) is 0 Å². The van der Waals surface area contributed by atoms with Crippen LogP contribution < -0.4 is 5.46 Å². The predicted octanol–water partition coefficient (Wildman–Crippen LogP) is 0.0145. The van der Waals surface area contributed by atoms with Crippen molar-refractivity contribution in [2.75, 3.05) is 0 Å². The van der Waals surface area contributed by atoms with Crippen molar-refractivity contribution >= 4 is 13.3 Å². The molecule has 0 saturated carbocycles. The molecule has 3 heteroatoms. The van der Waals surface area contributed by atoms with Crippen molar-refractivity contribution in [2.24, 2.45) is 0 Å². The Morgan fingerprint density at radius 2 is 2.25 bits per heavy atom. The Kier molecular flexibility index (Phi) is 1.28. The predicted molar refractivity (Wildman–Crippen MR) is 29.6 cm³/mol. The van der Waals surface area contributed by atoms with Gasteiger partial charge in [0.25, 0.3) is 0 Å². The fourth-order valence-electron chi connectivity index (χ4n) is 0.428. The Morgan fingerprint density at radius 3 is 2.62 bits per heavy atom. The molecular weight excluding hydrogens is 104 g/mol. The van der Waals surface area contributed by atoms with Gasteiger partial charge in [-0.05, 0) is 6.07 Å². The first-order chi connectivity index (χ1) is 3.79. The highest BCUT2D eigenvalue weighted by Crippen LogP contribution is 1.85. The number of aromatic nitrogens is 1. The maximum absolute atomic E-state index is 12.0. The molecule has 1 aromatic rings. The molecule has 0 N–H and O–H groups in total. The SMILES string of the molecule is [B]c1cncc(F)c1. The summed E-state index contributed by atoms with van der Waals surface area (Å²) in [5.74, 6) is -0.398. The molecule has 1 heterocycles. The first-order valence-electron chi connectivity index (χ1n) is 2.15. The monoisotopic (exact) mass is 107 g/mol. The number of halogens is 1. The van der Waals surface area contributed by atoms with Crippen LogP contribution in [0, 0.1) is 5.82 Å². The van der Waals surface area contributed by atoms with Crippen LogP contribution in [-0.4, -0.2) is 12.8 Å². The van der Waals surface area contributed by atoms with E-state index in [1.54, 1.807) is 0 Å². The molecule has 1 aromatic heterocycles. The molecule has 0 aliphatic rings. The van der Waals surface area contributed by atoms with Crippen molar-refractivity contribution in [2.45, 2.75) is 0 Å². The molecule has 2 radical (unpaired) electrons. The summed E-state index contributed by atoms with van der Waals surface area (Å²) in [6, 6.07) is 1.22. The smallest absolute Gasteiger partial charge is 0.140 e. The molecule has 38 valence electrons. The van der Waals surface area contributed by atoms with Gasteiger partial charge in [-0.1, -0.05) is 5.46 Å². The fourth-order valence-corrected chi connectivity index (χ4v) is 0.428. The Bertz CT molecular complexity index is 172. The van der Waals surface area contributed by atoms with Gasteiger partial charge in [0, 0.05) is 6.20 Å². The molecule has 0 bridgehead atoms. The summed E-state index contributed by atoms with van der Waals surface area (Å²) < 4.78 is 12.0. The molecule has 1 rings (SSSR count). The average Bonchev–Trinajstić information content (AvgIpc) is 1.64. The third-order valence-corrected chi connectivity index (χ3v) is 0.726. The topological polar surface area (TPSA) is 12.9 Å². The third-order valence-electron chi connectivity index (χ3n) is 0.726. The zero-order valence-corrected chi connectivity index (χ0v) is 4.13. The van der Waals surface area contributed by atoms with E-state index in [4.69, 9.17) is 7.85 Å². The first kappa shape index (κ1) is 5.28. The number of hydrogen-bond donors (Lipinski definition) is 0. The number of pyridine rings is 1. The van der Waals surface area contributed by atoms with E-state index in [1.807, 2.05) is 0 Å². The minimum absolute atomic E-state index is 0.352. The Hall–Kier alpha value is -0.855. The number of rotatable bonds is 0. The van der Waals surface area contributed by atoms with Crippen molar-refractivity contribution in [3.05, 3.63) is 24.3 Å². The van der Waals surface area contributed by atoms with Crippen LogP contribution in [0.15, 0.2) is 18.5 Å². The second-order valence-electron chi connectivity index (χ2n) is 1.44. The zero-order chi connectivity index (χ0) is 5.98. The van der Waals surface area contributed by atoms with Gasteiger partial charge < -0.3 is 0 Å². The maximum Gasteiger partial charge on any atom is 0.140 e. The second-order valence-corrected chi connectivity index (χ2v) is 1.44. The highest BCUT2D eigenvalue weighted by molar-refractivity contribution is 6.31. The van der Waals surface area contributed by atoms with E-state index in [2.05, 4.69) is 4.98 Å². The van der Waals surface area contributed by atoms with Gasteiger partial charge in [-0.3, -0.25) is 4.98 Å². The second kappa shape index (κ2) is 1.94. The highest BCUT2D eigenvalue weighted by Gasteiger charge is 1.85. The van der Waals surface area contributed by atoms with Crippen LogP contribution in [0.2, 0.25) is 0 Å². The Morgan fingerprint density at radius 1 is 1.50 bits per heavy atom. The molecule has 1 nitrogen and oxygen atoms in total. The average molecular weight is 107 g/mol. The molecule has 0 aliphatic heterocycles. The molecule has 8 heavy (non-hydrogen) atoms. The normalized spacial score (nSPS) is 9.12. The lowest BCUT2D eigenvalue weighted by Gasteiger charge is -1.87. The van der Waals surface area contributed by atoms with Gasteiger partial charge in [-0.25, -0.2) is 4.39 Å². The molecule has 0 saturated heterocycles. The van der Waals surface area contributed by atoms with Crippen LogP contribution >= 0.6 is 0 Å². The summed E-state index contributed by atoms with van der Waals surface area (Å²) in [6.45, 7) is 0. The summed E-state index contributed by atoms with van der Waals surface area (Å²) >= 11 is 0. The lowest BCUT2D eigenvalue weighted by molar-refractivity contribution is 0.623. The van der Waals surface area contributed by atoms with E-state index in [9.17, 15) is 4.39 Å². The fraction of sp³-hybridized carbons (Fsp3) is 0.